The Hall–Kier alpha value is -2.78. The van der Waals surface area contributed by atoms with Crippen LogP contribution in [0.5, 0.6) is 0 Å². The number of hydrogen-bond donors (Lipinski definition) is 5. The smallest absolute Gasteiger partial charge is 0.239 e. The van der Waals surface area contributed by atoms with Crippen LogP contribution in [0.4, 0.5) is 0 Å². The lowest BCUT2D eigenvalue weighted by Gasteiger charge is -2.38. The zero-order chi connectivity index (χ0) is 27.3. The average molecular weight is 523 g/mol. The lowest BCUT2D eigenvalue weighted by atomic mass is 9.91. The molecule has 5 atom stereocenters. The summed E-state index contributed by atoms with van der Waals surface area (Å²) < 4.78 is 0. The van der Waals surface area contributed by atoms with Gasteiger partial charge in [0.25, 0.3) is 0 Å². The molecule has 1 aliphatic carbocycles. The van der Waals surface area contributed by atoms with Gasteiger partial charge >= 0.3 is 0 Å². The molecular weight excluding hydrogens is 480 g/mol. The van der Waals surface area contributed by atoms with E-state index in [1.807, 2.05) is 80.3 Å². The zero-order valence-electron chi connectivity index (χ0n) is 22.7. The van der Waals surface area contributed by atoms with Gasteiger partial charge in [0.05, 0.1) is 18.2 Å². The molecule has 2 unspecified atom stereocenters. The largest absolute Gasteiger partial charge is 0.392 e. The van der Waals surface area contributed by atoms with Crippen molar-refractivity contribution < 1.29 is 19.8 Å². The summed E-state index contributed by atoms with van der Waals surface area (Å²) in [5.41, 5.74) is 2.65. The molecule has 4 rings (SSSR count). The van der Waals surface area contributed by atoms with Crippen LogP contribution >= 0.6 is 0 Å². The summed E-state index contributed by atoms with van der Waals surface area (Å²) >= 11 is 0. The van der Waals surface area contributed by atoms with E-state index in [0.717, 1.165) is 23.2 Å². The Kier molecular flexibility index (Phi) is 9.20. The summed E-state index contributed by atoms with van der Waals surface area (Å²) in [6.07, 6.45) is -0.236. The SMILES string of the molecule is CC(C)(C)NC(=O)[C@@H]1CNCCN1C[C@@H](O)C[C@@H](Cc1ccccc1)C(=O)NC1c2ccccc2CC1O. The lowest BCUT2D eigenvalue weighted by molar-refractivity contribution is -0.130. The molecule has 1 saturated heterocycles. The van der Waals surface area contributed by atoms with E-state index in [2.05, 4.69) is 16.0 Å². The molecule has 2 aliphatic rings. The Morgan fingerprint density at radius 3 is 2.55 bits per heavy atom. The van der Waals surface area contributed by atoms with Crippen LogP contribution in [-0.4, -0.2) is 76.9 Å². The number of nitrogens with zero attached hydrogens (tertiary/aromatic N) is 1. The van der Waals surface area contributed by atoms with Crippen LogP contribution in [0.3, 0.4) is 0 Å². The van der Waals surface area contributed by atoms with Crippen LogP contribution in [0.25, 0.3) is 0 Å². The van der Waals surface area contributed by atoms with Crippen molar-refractivity contribution in [2.24, 2.45) is 5.92 Å². The van der Waals surface area contributed by atoms with Gasteiger partial charge in [-0.15, -0.1) is 0 Å². The zero-order valence-corrected chi connectivity index (χ0v) is 22.7. The summed E-state index contributed by atoms with van der Waals surface area (Å²) in [7, 11) is 0. The molecule has 0 saturated carbocycles. The van der Waals surface area contributed by atoms with E-state index < -0.39 is 24.2 Å². The number of nitrogens with one attached hydrogen (secondary N) is 3. The molecular formula is C30H42N4O4. The Balaban J connectivity index is 1.45. The first kappa shape index (κ1) is 28.2. The Morgan fingerprint density at radius 2 is 1.82 bits per heavy atom. The molecule has 2 aromatic rings. The van der Waals surface area contributed by atoms with E-state index in [4.69, 9.17) is 0 Å². The predicted molar refractivity (Wildman–Crippen MR) is 147 cm³/mol. The lowest BCUT2D eigenvalue weighted by Crippen LogP contribution is -2.61. The standard InChI is InChI=1S/C30H42N4O4/c1-30(2,3)33-29(38)25-18-31-13-14-34(25)19-23(35)16-22(15-20-9-5-4-6-10-20)28(37)32-27-24-12-8-7-11-21(24)17-26(27)36/h4-12,22-23,25-27,31,35-36H,13-19H2,1-3H3,(H,32,37)(H,33,38)/t22-,23+,25+,26?,27?/m1/s1. The van der Waals surface area contributed by atoms with Crippen LogP contribution in [0.1, 0.15) is 49.9 Å². The first-order valence-corrected chi connectivity index (χ1v) is 13.7. The summed E-state index contributed by atoms with van der Waals surface area (Å²) in [6, 6.07) is 16.7. The molecule has 0 aromatic heterocycles. The van der Waals surface area contributed by atoms with E-state index >= 15 is 0 Å². The van der Waals surface area contributed by atoms with Gasteiger partial charge in [-0.3, -0.25) is 14.5 Å². The first-order chi connectivity index (χ1) is 18.1. The van der Waals surface area contributed by atoms with Crippen molar-refractivity contribution in [3.63, 3.8) is 0 Å². The molecule has 206 valence electrons. The molecule has 8 heteroatoms. The Morgan fingerprint density at radius 1 is 1.11 bits per heavy atom. The number of carbonyl (C=O) groups excluding carboxylic acids is 2. The molecule has 2 amide bonds. The number of aliphatic hydroxyl groups excluding tert-OH is 2. The van der Waals surface area contributed by atoms with Gasteiger partial charge in [-0.25, -0.2) is 0 Å². The minimum absolute atomic E-state index is 0.0654. The minimum Gasteiger partial charge on any atom is -0.392 e. The fourth-order valence-corrected chi connectivity index (χ4v) is 5.55. The average Bonchev–Trinajstić information content (AvgIpc) is 3.18. The van der Waals surface area contributed by atoms with E-state index in [-0.39, 0.29) is 29.8 Å². The third-order valence-electron chi connectivity index (χ3n) is 7.35. The number of hydrogen-bond acceptors (Lipinski definition) is 6. The van der Waals surface area contributed by atoms with Crippen molar-refractivity contribution >= 4 is 11.8 Å². The molecule has 0 bridgehead atoms. The maximum Gasteiger partial charge on any atom is 0.239 e. The van der Waals surface area contributed by atoms with Crippen molar-refractivity contribution in [2.45, 2.75) is 69.9 Å². The highest BCUT2D eigenvalue weighted by Gasteiger charge is 2.35. The van der Waals surface area contributed by atoms with Gasteiger partial charge in [0.15, 0.2) is 0 Å². The Labute approximate surface area is 225 Å². The van der Waals surface area contributed by atoms with Gasteiger partial charge in [-0.1, -0.05) is 54.6 Å². The minimum atomic E-state index is -0.793. The summed E-state index contributed by atoms with van der Waals surface area (Å²) in [6.45, 7) is 8.05. The maximum atomic E-state index is 13.6. The second-order valence-corrected chi connectivity index (χ2v) is 11.7. The second kappa shape index (κ2) is 12.4. The molecule has 0 spiro atoms. The van der Waals surface area contributed by atoms with Crippen LogP contribution in [0.2, 0.25) is 0 Å². The topological polar surface area (TPSA) is 114 Å². The van der Waals surface area contributed by atoms with Crippen LogP contribution in [0.15, 0.2) is 54.6 Å². The van der Waals surface area contributed by atoms with Gasteiger partial charge in [0.2, 0.25) is 11.8 Å². The molecule has 5 N–H and O–H groups in total. The number of aliphatic hydroxyl groups is 2. The van der Waals surface area contributed by atoms with Crippen molar-refractivity contribution in [1.82, 2.24) is 20.9 Å². The fourth-order valence-electron chi connectivity index (χ4n) is 5.55. The highest BCUT2D eigenvalue weighted by Crippen LogP contribution is 2.32. The highest BCUT2D eigenvalue weighted by atomic mass is 16.3. The third-order valence-corrected chi connectivity index (χ3v) is 7.35. The Bertz CT molecular complexity index is 1090. The number of piperazine rings is 1. The van der Waals surface area contributed by atoms with Gasteiger partial charge in [-0.05, 0) is 50.3 Å². The highest BCUT2D eigenvalue weighted by molar-refractivity contribution is 5.83. The number of carbonyl (C=O) groups is 2. The van der Waals surface area contributed by atoms with E-state index in [1.165, 1.54) is 0 Å². The molecule has 1 fully saturated rings. The van der Waals surface area contributed by atoms with Crippen molar-refractivity contribution in [2.75, 3.05) is 26.2 Å². The van der Waals surface area contributed by atoms with Crippen LogP contribution < -0.4 is 16.0 Å². The normalized spacial score (nSPS) is 23.3. The number of amides is 2. The van der Waals surface area contributed by atoms with E-state index in [1.54, 1.807) is 0 Å². The van der Waals surface area contributed by atoms with Crippen molar-refractivity contribution in [3.05, 3.63) is 71.3 Å². The summed E-state index contributed by atoms with van der Waals surface area (Å²) in [5, 5.41) is 31.3. The van der Waals surface area contributed by atoms with Gasteiger partial charge < -0.3 is 26.2 Å². The summed E-state index contributed by atoms with van der Waals surface area (Å²) in [5.74, 6) is -0.738. The monoisotopic (exact) mass is 522 g/mol. The number of rotatable bonds is 9. The van der Waals surface area contributed by atoms with Gasteiger partial charge in [0.1, 0.15) is 6.04 Å². The fraction of sp³-hybridized carbons (Fsp3) is 0.533. The van der Waals surface area contributed by atoms with Crippen molar-refractivity contribution in [3.8, 4) is 0 Å². The molecule has 8 nitrogen and oxygen atoms in total. The number of β-amino-alcohol motifs (C(OH)–C–C–N with tert-alkyl or cyclic N) is 1. The first-order valence-electron chi connectivity index (χ1n) is 13.7. The number of fused-ring (bicyclic) bond motifs is 1. The number of benzene rings is 2. The molecule has 2 aromatic carbocycles. The molecule has 0 radical (unpaired) electrons. The van der Waals surface area contributed by atoms with Gasteiger partial charge in [0, 0.05) is 44.1 Å². The quantitative estimate of drug-likeness (QED) is 0.342. The van der Waals surface area contributed by atoms with Crippen LogP contribution in [-0.2, 0) is 22.4 Å². The second-order valence-electron chi connectivity index (χ2n) is 11.7. The molecule has 38 heavy (non-hydrogen) atoms. The maximum absolute atomic E-state index is 13.6. The third kappa shape index (κ3) is 7.41. The van der Waals surface area contributed by atoms with Gasteiger partial charge in [-0.2, -0.15) is 0 Å². The van der Waals surface area contributed by atoms with E-state index in [9.17, 15) is 19.8 Å². The molecule has 1 heterocycles. The molecule has 1 aliphatic heterocycles. The van der Waals surface area contributed by atoms with Crippen molar-refractivity contribution in [1.29, 1.82) is 0 Å². The predicted octanol–water partition coefficient (Wildman–Crippen LogP) is 1.56. The van der Waals surface area contributed by atoms with E-state index in [0.29, 0.717) is 32.5 Å². The summed E-state index contributed by atoms with van der Waals surface area (Å²) in [4.78, 5) is 28.5. The van der Waals surface area contributed by atoms with Crippen LogP contribution in [0, 0.1) is 5.92 Å².